The highest BCUT2D eigenvalue weighted by molar-refractivity contribution is 6.17. The van der Waals surface area contributed by atoms with Gasteiger partial charge in [-0.3, -0.25) is 4.79 Å². The molecule has 0 radical (unpaired) electrons. The van der Waals surface area contributed by atoms with Gasteiger partial charge >= 0.3 is 0 Å². The second kappa shape index (κ2) is 6.77. The molecule has 2 aromatic carbocycles. The molecule has 0 bridgehead atoms. The van der Waals surface area contributed by atoms with Gasteiger partial charge in [0, 0.05) is 11.4 Å². The number of hydrogen-bond acceptors (Lipinski definition) is 1. The SMILES string of the molecule is Cc1ccc(C)c(C(C)NC(=O)c2cccc(CCl)c2)c1. The van der Waals surface area contributed by atoms with Crippen molar-refractivity contribution >= 4 is 17.5 Å². The summed E-state index contributed by atoms with van der Waals surface area (Å²) in [7, 11) is 0. The van der Waals surface area contributed by atoms with Gasteiger partial charge in [-0.05, 0) is 49.6 Å². The van der Waals surface area contributed by atoms with E-state index in [1.54, 1.807) is 6.07 Å². The Morgan fingerprint density at radius 3 is 2.67 bits per heavy atom. The van der Waals surface area contributed by atoms with Gasteiger partial charge in [0.05, 0.1) is 6.04 Å². The van der Waals surface area contributed by atoms with Crippen molar-refractivity contribution in [3.05, 3.63) is 70.3 Å². The van der Waals surface area contributed by atoms with Crippen LogP contribution in [0.3, 0.4) is 0 Å². The molecular formula is C18H20ClNO. The van der Waals surface area contributed by atoms with Crippen molar-refractivity contribution in [2.75, 3.05) is 0 Å². The van der Waals surface area contributed by atoms with Crippen LogP contribution >= 0.6 is 11.6 Å². The van der Waals surface area contributed by atoms with E-state index in [2.05, 4.69) is 37.4 Å². The number of alkyl halides is 1. The van der Waals surface area contributed by atoms with Crippen molar-refractivity contribution in [1.29, 1.82) is 0 Å². The first kappa shape index (κ1) is 15.6. The van der Waals surface area contributed by atoms with E-state index < -0.39 is 0 Å². The number of carbonyl (C=O) groups is 1. The number of amides is 1. The van der Waals surface area contributed by atoms with Gasteiger partial charge in [0.1, 0.15) is 0 Å². The van der Waals surface area contributed by atoms with Gasteiger partial charge in [-0.15, -0.1) is 11.6 Å². The number of carbonyl (C=O) groups excluding carboxylic acids is 1. The zero-order valence-electron chi connectivity index (χ0n) is 12.6. The lowest BCUT2D eigenvalue weighted by Crippen LogP contribution is -2.27. The van der Waals surface area contributed by atoms with Crippen molar-refractivity contribution in [2.45, 2.75) is 32.7 Å². The Bertz CT molecular complexity index is 651. The van der Waals surface area contributed by atoms with Crippen LogP contribution in [0.4, 0.5) is 0 Å². The quantitative estimate of drug-likeness (QED) is 0.826. The molecule has 1 amide bonds. The molecule has 0 saturated carbocycles. The first-order valence-electron chi connectivity index (χ1n) is 7.04. The number of nitrogens with one attached hydrogen (secondary N) is 1. The summed E-state index contributed by atoms with van der Waals surface area (Å²) in [4.78, 5) is 12.3. The smallest absolute Gasteiger partial charge is 0.251 e. The molecule has 0 aliphatic rings. The largest absolute Gasteiger partial charge is 0.346 e. The number of benzene rings is 2. The monoisotopic (exact) mass is 301 g/mol. The van der Waals surface area contributed by atoms with Crippen LogP contribution in [0.5, 0.6) is 0 Å². The predicted octanol–water partition coefficient (Wildman–Crippen LogP) is 4.53. The van der Waals surface area contributed by atoms with Gasteiger partial charge < -0.3 is 5.32 Å². The van der Waals surface area contributed by atoms with Gasteiger partial charge in [0.2, 0.25) is 0 Å². The Balaban J connectivity index is 2.16. The minimum absolute atomic E-state index is 0.0305. The van der Waals surface area contributed by atoms with Gasteiger partial charge in [-0.2, -0.15) is 0 Å². The summed E-state index contributed by atoms with van der Waals surface area (Å²) < 4.78 is 0. The van der Waals surface area contributed by atoms with E-state index in [0.717, 1.165) is 11.1 Å². The van der Waals surface area contributed by atoms with E-state index in [9.17, 15) is 4.79 Å². The van der Waals surface area contributed by atoms with Crippen molar-refractivity contribution in [3.63, 3.8) is 0 Å². The summed E-state index contributed by atoms with van der Waals surface area (Å²) in [6.07, 6.45) is 0. The molecule has 0 aromatic heterocycles. The number of halogens is 1. The molecule has 1 unspecified atom stereocenters. The lowest BCUT2D eigenvalue weighted by molar-refractivity contribution is 0.0939. The summed E-state index contributed by atoms with van der Waals surface area (Å²) in [6.45, 7) is 6.12. The van der Waals surface area contributed by atoms with Crippen LogP contribution in [0.1, 0.15) is 45.6 Å². The third kappa shape index (κ3) is 3.85. The molecular weight excluding hydrogens is 282 g/mol. The molecule has 0 fully saturated rings. The molecule has 0 aliphatic heterocycles. The van der Waals surface area contributed by atoms with Gasteiger partial charge in [-0.1, -0.05) is 35.9 Å². The summed E-state index contributed by atoms with van der Waals surface area (Å²) in [5.41, 5.74) is 5.12. The van der Waals surface area contributed by atoms with Crippen LogP contribution in [-0.4, -0.2) is 5.91 Å². The van der Waals surface area contributed by atoms with Crippen LogP contribution in [0.25, 0.3) is 0 Å². The first-order chi connectivity index (χ1) is 10.0. The third-order valence-corrected chi connectivity index (χ3v) is 3.90. The molecule has 21 heavy (non-hydrogen) atoms. The number of hydrogen-bond donors (Lipinski definition) is 1. The molecule has 3 heteroatoms. The van der Waals surface area contributed by atoms with E-state index >= 15 is 0 Å². The van der Waals surface area contributed by atoms with Gasteiger partial charge in [0.25, 0.3) is 5.91 Å². The minimum Gasteiger partial charge on any atom is -0.346 e. The van der Waals surface area contributed by atoms with Crippen molar-refractivity contribution < 1.29 is 4.79 Å². The fourth-order valence-corrected chi connectivity index (χ4v) is 2.55. The maximum absolute atomic E-state index is 12.3. The predicted molar refractivity (Wildman–Crippen MR) is 87.8 cm³/mol. The molecule has 2 nitrogen and oxygen atoms in total. The lowest BCUT2D eigenvalue weighted by Gasteiger charge is -2.17. The van der Waals surface area contributed by atoms with E-state index in [1.807, 2.05) is 25.1 Å². The van der Waals surface area contributed by atoms with Crippen molar-refractivity contribution in [1.82, 2.24) is 5.32 Å². The van der Waals surface area contributed by atoms with E-state index in [1.165, 1.54) is 11.1 Å². The molecule has 1 atom stereocenters. The second-order valence-electron chi connectivity index (χ2n) is 5.39. The molecule has 110 valence electrons. The zero-order chi connectivity index (χ0) is 15.4. The highest BCUT2D eigenvalue weighted by atomic mass is 35.5. The molecule has 2 aromatic rings. The maximum atomic E-state index is 12.3. The Morgan fingerprint density at radius 1 is 1.19 bits per heavy atom. The highest BCUT2D eigenvalue weighted by Gasteiger charge is 2.13. The van der Waals surface area contributed by atoms with E-state index in [4.69, 9.17) is 11.6 Å². The van der Waals surface area contributed by atoms with E-state index in [-0.39, 0.29) is 11.9 Å². The Morgan fingerprint density at radius 2 is 1.95 bits per heavy atom. The fourth-order valence-electron chi connectivity index (χ4n) is 2.38. The van der Waals surface area contributed by atoms with Crippen LogP contribution < -0.4 is 5.32 Å². The number of aryl methyl sites for hydroxylation is 2. The Hall–Kier alpha value is -1.80. The highest BCUT2D eigenvalue weighted by Crippen LogP contribution is 2.19. The molecule has 0 spiro atoms. The summed E-state index contributed by atoms with van der Waals surface area (Å²) in [5.74, 6) is 0.337. The van der Waals surface area contributed by atoms with Crippen LogP contribution in [0.2, 0.25) is 0 Å². The van der Waals surface area contributed by atoms with Crippen LogP contribution in [0, 0.1) is 13.8 Å². The van der Waals surface area contributed by atoms with Crippen LogP contribution in [-0.2, 0) is 5.88 Å². The Labute approximate surface area is 131 Å². The maximum Gasteiger partial charge on any atom is 0.251 e. The summed E-state index contributed by atoms with van der Waals surface area (Å²) in [6, 6.07) is 13.7. The minimum atomic E-state index is -0.0737. The third-order valence-electron chi connectivity index (χ3n) is 3.59. The average Bonchev–Trinajstić information content (AvgIpc) is 2.49. The Kier molecular flexibility index (Phi) is 5.03. The molecule has 0 heterocycles. The molecule has 2 rings (SSSR count). The average molecular weight is 302 g/mol. The second-order valence-corrected chi connectivity index (χ2v) is 5.66. The van der Waals surface area contributed by atoms with Crippen LogP contribution in [0.15, 0.2) is 42.5 Å². The first-order valence-corrected chi connectivity index (χ1v) is 7.57. The summed E-state index contributed by atoms with van der Waals surface area (Å²) >= 11 is 5.81. The number of rotatable bonds is 4. The van der Waals surface area contributed by atoms with Crippen molar-refractivity contribution in [3.8, 4) is 0 Å². The summed E-state index contributed by atoms with van der Waals surface area (Å²) in [5, 5.41) is 3.05. The van der Waals surface area contributed by atoms with Crippen molar-refractivity contribution in [2.24, 2.45) is 0 Å². The zero-order valence-corrected chi connectivity index (χ0v) is 13.4. The lowest BCUT2D eigenvalue weighted by atomic mass is 9.99. The topological polar surface area (TPSA) is 29.1 Å². The standard InChI is InChI=1S/C18H20ClNO/c1-12-7-8-13(2)17(9-12)14(3)20-18(21)16-6-4-5-15(10-16)11-19/h4-10,14H,11H2,1-3H3,(H,20,21). The van der Waals surface area contributed by atoms with Gasteiger partial charge in [-0.25, -0.2) is 0 Å². The normalized spacial score (nSPS) is 12.0. The molecule has 0 aliphatic carbocycles. The van der Waals surface area contributed by atoms with Gasteiger partial charge in [0.15, 0.2) is 0 Å². The molecule has 0 saturated heterocycles. The van der Waals surface area contributed by atoms with E-state index in [0.29, 0.717) is 11.4 Å². The fraction of sp³-hybridized carbons (Fsp3) is 0.278. The molecule has 1 N–H and O–H groups in total.